The van der Waals surface area contributed by atoms with Gasteiger partial charge in [0, 0.05) is 18.5 Å². The summed E-state index contributed by atoms with van der Waals surface area (Å²) in [5.74, 6) is -1.39. The molecule has 0 spiro atoms. The fraction of sp³-hybridized carbons (Fsp3) is 0. The van der Waals surface area contributed by atoms with Crippen LogP contribution in [0.15, 0.2) is 30.6 Å². The van der Waals surface area contributed by atoms with Gasteiger partial charge in [0.2, 0.25) is 0 Å². The third-order valence-corrected chi connectivity index (χ3v) is 1.97. The summed E-state index contributed by atoms with van der Waals surface area (Å²) in [5.41, 5.74) is 0.277. The average Bonchev–Trinajstić information content (AvgIpc) is 2.79. The van der Waals surface area contributed by atoms with Crippen LogP contribution >= 0.6 is 0 Å². The van der Waals surface area contributed by atoms with E-state index >= 15 is 0 Å². The minimum Gasteiger partial charge on any atom is -0.477 e. The van der Waals surface area contributed by atoms with Crippen LogP contribution in [0.5, 0.6) is 0 Å². The smallest absolute Gasteiger partial charge is 0.353 e. The van der Waals surface area contributed by atoms with Crippen molar-refractivity contribution in [1.82, 2.24) is 15.2 Å². The van der Waals surface area contributed by atoms with Gasteiger partial charge in [-0.05, 0) is 12.1 Å². The van der Waals surface area contributed by atoms with Crippen LogP contribution in [0.25, 0.3) is 0 Å². The molecule has 86 valence electrons. The number of aromatic carboxylic acids is 1. The standard InChI is InChI=1S/C10H8N4O3/c15-9(6-2-1-3-11-5-6)12-8-4-7(10(16)17)13-14-8/h1-5H,(H,16,17)(H2,12,13,14,15). The van der Waals surface area contributed by atoms with E-state index in [4.69, 9.17) is 5.11 Å². The first-order valence-electron chi connectivity index (χ1n) is 4.67. The number of carbonyl (C=O) groups excluding carboxylic acids is 1. The predicted molar refractivity (Wildman–Crippen MR) is 57.7 cm³/mol. The Labute approximate surface area is 95.5 Å². The van der Waals surface area contributed by atoms with Gasteiger partial charge in [-0.3, -0.25) is 14.9 Å². The van der Waals surface area contributed by atoms with Gasteiger partial charge in [-0.2, -0.15) is 5.10 Å². The molecule has 0 aliphatic rings. The van der Waals surface area contributed by atoms with Crippen LogP contribution in [0.4, 0.5) is 5.82 Å². The molecule has 0 bridgehead atoms. The summed E-state index contributed by atoms with van der Waals surface area (Å²) >= 11 is 0. The molecule has 0 fully saturated rings. The number of carbonyl (C=O) groups is 2. The lowest BCUT2D eigenvalue weighted by Crippen LogP contribution is -2.12. The van der Waals surface area contributed by atoms with E-state index in [1.165, 1.54) is 12.3 Å². The second kappa shape index (κ2) is 4.44. The zero-order valence-electron chi connectivity index (χ0n) is 8.54. The largest absolute Gasteiger partial charge is 0.477 e. The third kappa shape index (κ3) is 2.46. The van der Waals surface area contributed by atoms with Gasteiger partial charge in [-0.25, -0.2) is 4.79 Å². The lowest BCUT2D eigenvalue weighted by Gasteiger charge is -1.99. The molecule has 7 nitrogen and oxygen atoms in total. The molecule has 7 heteroatoms. The van der Waals surface area contributed by atoms with E-state index in [9.17, 15) is 9.59 Å². The monoisotopic (exact) mass is 232 g/mol. The Kier molecular flexibility index (Phi) is 2.82. The average molecular weight is 232 g/mol. The summed E-state index contributed by atoms with van der Waals surface area (Å²) in [7, 11) is 0. The number of aromatic nitrogens is 3. The number of hydrogen-bond donors (Lipinski definition) is 3. The predicted octanol–water partition coefficient (Wildman–Crippen LogP) is 0.755. The van der Waals surface area contributed by atoms with Gasteiger partial charge in [0.15, 0.2) is 5.82 Å². The van der Waals surface area contributed by atoms with E-state index < -0.39 is 11.9 Å². The summed E-state index contributed by atoms with van der Waals surface area (Å²) in [6.07, 6.45) is 2.95. The highest BCUT2D eigenvalue weighted by molar-refractivity contribution is 6.03. The fourth-order valence-electron chi connectivity index (χ4n) is 1.18. The van der Waals surface area contributed by atoms with E-state index in [0.717, 1.165) is 0 Å². The maximum atomic E-state index is 11.6. The summed E-state index contributed by atoms with van der Waals surface area (Å²) in [6.45, 7) is 0. The lowest BCUT2D eigenvalue weighted by molar-refractivity contribution is 0.0690. The molecule has 2 heterocycles. The minimum atomic E-state index is -1.14. The van der Waals surface area contributed by atoms with Crippen LogP contribution in [0.2, 0.25) is 0 Å². The molecular weight excluding hydrogens is 224 g/mol. The molecule has 0 atom stereocenters. The van der Waals surface area contributed by atoms with Crippen LogP contribution in [-0.2, 0) is 0 Å². The Bertz CT molecular complexity index is 550. The maximum Gasteiger partial charge on any atom is 0.353 e. The molecular formula is C10H8N4O3. The number of H-pyrrole nitrogens is 1. The molecule has 2 aromatic heterocycles. The van der Waals surface area contributed by atoms with Crippen molar-refractivity contribution in [3.05, 3.63) is 41.9 Å². The number of nitrogens with one attached hydrogen (secondary N) is 2. The summed E-state index contributed by atoms with van der Waals surface area (Å²) in [6, 6.07) is 4.45. The normalized spacial score (nSPS) is 9.88. The van der Waals surface area contributed by atoms with E-state index in [1.807, 2.05) is 0 Å². The lowest BCUT2D eigenvalue weighted by atomic mass is 10.3. The number of hydrogen-bond acceptors (Lipinski definition) is 4. The molecule has 3 N–H and O–H groups in total. The Morgan fingerprint density at radius 3 is 2.82 bits per heavy atom. The van der Waals surface area contributed by atoms with Crippen LogP contribution < -0.4 is 5.32 Å². The van der Waals surface area contributed by atoms with Crippen molar-refractivity contribution < 1.29 is 14.7 Å². The molecule has 0 aliphatic heterocycles. The number of carboxylic acid groups (broad SMARTS) is 1. The first-order chi connectivity index (χ1) is 8.16. The van der Waals surface area contributed by atoms with Crippen molar-refractivity contribution in [3.63, 3.8) is 0 Å². The summed E-state index contributed by atoms with van der Waals surface area (Å²) < 4.78 is 0. The van der Waals surface area contributed by atoms with E-state index in [-0.39, 0.29) is 11.5 Å². The SMILES string of the molecule is O=C(Nc1cc(C(=O)O)[nH]n1)c1cccnc1. The quantitative estimate of drug-likeness (QED) is 0.723. The minimum absolute atomic E-state index is 0.0912. The summed E-state index contributed by atoms with van der Waals surface area (Å²) in [4.78, 5) is 26.0. The second-order valence-corrected chi connectivity index (χ2v) is 3.17. The molecule has 0 unspecified atom stereocenters. The molecule has 2 rings (SSSR count). The highest BCUT2D eigenvalue weighted by atomic mass is 16.4. The van der Waals surface area contributed by atoms with Crippen LogP contribution in [0, 0.1) is 0 Å². The first kappa shape index (κ1) is 10.8. The highest BCUT2D eigenvalue weighted by Gasteiger charge is 2.11. The highest BCUT2D eigenvalue weighted by Crippen LogP contribution is 2.07. The van der Waals surface area contributed by atoms with Gasteiger partial charge in [0.25, 0.3) is 5.91 Å². The number of anilines is 1. The van der Waals surface area contributed by atoms with Gasteiger partial charge in [0.1, 0.15) is 5.69 Å². The fourth-order valence-corrected chi connectivity index (χ4v) is 1.18. The Balaban J connectivity index is 2.11. The zero-order chi connectivity index (χ0) is 12.3. The number of nitrogens with zero attached hydrogens (tertiary/aromatic N) is 2. The molecule has 0 radical (unpaired) electrons. The van der Waals surface area contributed by atoms with Crippen molar-refractivity contribution in [2.75, 3.05) is 5.32 Å². The number of carboxylic acids is 1. The second-order valence-electron chi connectivity index (χ2n) is 3.17. The number of amides is 1. The van der Waals surface area contributed by atoms with E-state index in [0.29, 0.717) is 5.56 Å². The van der Waals surface area contributed by atoms with Crippen molar-refractivity contribution >= 4 is 17.7 Å². The van der Waals surface area contributed by atoms with Crippen molar-refractivity contribution in [2.45, 2.75) is 0 Å². The van der Waals surface area contributed by atoms with Gasteiger partial charge < -0.3 is 10.4 Å². The molecule has 2 aromatic rings. The molecule has 17 heavy (non-hydrogen) atoms. The Hall–Kier alpha value is -2.70. The van der Waals surface area contributed by atoms with Gasteiger partial charge in [-0.1, -0.05) is 0 Å². The molecule has 0 aliphatic carbocycles. The van der Waals surface area contributed by atoms with Gasteiger partial charge >= 0.3 is 5.97 Å². The Morgan fingerprint density at radius 1 is 1.41 bits per heavy atom. The van der Waals surface area contributed by atoms with Crippen LogP contribution in [0.1, 0.15) is 20.8 Å². The molecule has 1 amide bonds. The van der Waals surface area contributed by atoms with Crippen LogP contribution in [0.3, 0.4) is 0 Å². The number of aromatic amines is 1. The zero-order valence-corrected chi connectivity index (χ0v) is 8.54. The van der Waals surface area contributed by atoms with E-state index in [2.05, 4.69) is 20.5 Å². The number of pyridine rings is 1. The maximum absolute atomic E-state index is 11.6. The van der Waals surface area contributed by atoms with Gasteiger partial charge in [-0.15, -0.1) is 0 Å². The summed E-state index contributed by atoms with van der Waals surface area (Å²) in [5, 5.41) is 17.0. The van der Waals surface area contributed by atoms with Crippen molar-refractivity contribution in [2.24, 2.45) is 0 Å². The molecule has 0 saturated heterocycles. The van der Waals surface area contributed by atoms with Crippen molar-refractivity contribution in [3.8, 4) is 0 Å². The number of rotatable bonds is 3. The molecule has 0 aromatic carbocycles. The topological polar surface area (TPSA) is 108 Å². The van der Waals surface area contributed by atoms with Crippen LogP contribution in [-0.4, -0.2) is 32.2 Å². The third-order valence-electron chi connectivity index (χ3n) is 1.97. The molecule has 0 saturated carbocycles. The van der Waals surface area contributed by atoms with Crippen molar-refractivity contribution in [1.29, 1.82) is 0 Å². The first-order valence-corrected chi connectivity index (χ1v) is 4.67. The van der Waals surface area contributed by atoms with E-state index in [1.54, 1.807) is 18.3 Å². The van der Waals surface area contributed by atoms with Gasteiger partial charge in [0.05, 0.1) is 5.56 Å². The Morgan fingerprint density at radius 2 is 2.24 bits per heavy atom.